The number of aromatic nitrogens is 2. The van der Waals surface area contributed by atoms with E-state index in [1.54, 1.807) is 6.07 Å². The number of sulfonamides is 1. The number of nitrogens with zero attached hydrogens (tertiary/aromatic N) is 2. The molecule has 2 N–H and O–H groups in total. The summed E-state index contributed by atoms with van der Waals surface area (Å²) in [5, 5.41) is 16.2. The molecule has 0 aliphatic carbocycles. The van der Waals surface area contributed by atoms with Gasteiger partial charge >= 0.3 is 0 Å². The van der Waals surface area contributed by atoms with E-state index in [4.69, 9.17) is 5.11 Å². The molecule has 2 aromatic heterocycles. The van der Waals surface area contributed by atoms with Gasteiger partial charge in [0.25, 0.3) is 10.0 Å². The minimum Gasteiger partial charge on any atom is -0.396 e. The van der Waals surface area contributed by atoms with Crippen molar-refractivity contribution in [2.75, 3.05) is 11.3 Å². The van der Waals surface area contributed by atoms with Gasteiger partial charge in [0.05, 0.1) is 0 Å². The molecule has 0 aliphatic heterocycles. The Morgan fingerprint density at radius 2 is 2.24 bits per heavy atom. The molecule has 2 rings (SSSR count). The van der Waals surface area contributed by atoms with E-state index in [1.165, 1.54) is 11.6 Å². The number of hydrogen-bond acceptors (Lipinski definition) is 7. The molecule has 2 heterocycles. The Bertz CT molecular complexity index is 576. The van der Waals surface area contributed by atoms with Crippen LogP contribution in [0.1, 0.15) is 4.88 Å². The predicted molar refractivity (Wildman–Crippen MR) is 65.8 cm³/mol. The molecule has 2 aromatic rings. The fraction of sp³-hybridized carbons (Fsp3) is 0.250. The molecular formula is C8H9N3O3S3. The smallest absolute Gasteiger partial charge is 0.273 e. The Morgan fingerprint density at radius 3 is 2.88 bits per heavy atom. The molecule has 0 bridgehead atoms. The molecule has 0 saturated heterocycles. The average Bonchev–Trinajstić information content (AvgIpc) is 2.88. The van der Waals surface area contributed by atoms with Gasteiger partial charge in [-0.05, 0) is 12.1 Å². The van der Waals surface area contributed by atoms with E-state index in [0.717, 1.165) is 27.6 Å². The zero-order valence-electron chi connectivity index (χ0n) is 8.53. The van der Waals surface area contributed by atoms with Crippen LogP contribution in [0.5, 0.6) is 0 Å². The van der Waals surface area contributed by atoms with Crippen molar-refractivity contribution in [2.24, 2.45) is 0 Å². The fourth-order valence-electron chi connectivity index (χ4n) is 1.13. The summed E-state index contributed by atoms with van der Waals surface area (Å²) in [6, 6.07) is 3.20. The quantitative estimate of drug-likeness (QED) is 0.855. The van der Waals surface area contributed by atoms with Crippen molar-refractivity contribution in [1.29, 1.82) is 0 Å². The number of aliphatic hydroxyl groups excluding tert-OH is 1. The van der Waals surface area contributed by atoms with Gasteiger partial charge in [-0.3, -0.25) is 4.72 Å². The SMILES string of the molecule is O=S(=O)(Nc1nncs1)c1ccc(CCO)s1. The van der Waals surface area contributed by atoms with Gasteiger partial charge < -0.3 is 5.11 Å². The van der Waals surface area contributed by atoms with Crippen LogP contribution in [0.4, 0.5) is 5.13 Å². The van der Waals surface area contributed by atoms with Crippen LogP contribution >= 0.6 is 22.7 Å². The van der Waals surface area contributed by atoms with Crippen molar-refractivity contribution in [3.05, 3.63) is 22.5 Å². The molecule has 0 aliphatic rings. The van der Waals surface area contributed by atoms with Gasteiger partial charge in [-0.25, -0.2) is 8.42 Å². The number of nitrogens with one attached hydrogen (secondary N) is 1. The Hall–Kier alpha value is -1.03. The number of anilines is 1. The van der Waals surface area contributed by atoms with Gasteiger partial charge in [-0.15, -0.1) is 21.5 Å². The second-order valence-corrected chi connectivity index (χ2v) is 6.95. The molecule has 6 nitrogen and oxygen atoms in total. The van der Waals surface area contributed by atoms with Crippen molar-refractivity contribution >= 4 is 37.8 Å². The third-order valence-corrected chi connectivity index (χ3v) is 5.55. The van der Waals surface area contributed by atoms with Crippen LogP contribution in [0.2, 0.25) is 0 Å². The topological polar surface area (TPSA) is 92.2 Å². The van der Waals surface area contributed by atoms with E-state index >= 15 is 0 Å². The lowest BCUT2D eigenvalue weighted by Crippen LogP contribution is -2.11. The maximum Gasteiger partial charge on any atom is 0.273 e. The van der Waals surface area contributed by atoms with Crippen LogP contribution in [0.15, 0.2) is 21.9 Å². The Morgan fingerprint density at radius 1 is 1.41 bits per heavy atom. The zero-order valence-corrected chi connectivity index (χ0v) is 11.0. The highest BCUT2D eigenvalue weighted by molar-refractivity contribution is 7.94. The van der Waals surface area contributed by atoms with Crippen LogP contribution in [0.3, 0.4) is 0 Å². The molecule has 0 fully saturated rings. The summed E-state index contributed by atoms with van der Waals surface area (Å²) in [6.45, 7) is 0.00380. The third kappa shape index (κ3) is 3.00. The monoisotopic (exact) mass is 291 g/mol. The van der Waals surface area contributed by atoms with Gasteiger partial charge in [-0.1, -0.05) is 11.3 Å². The highest BCUT2D eigenvalue weighted by Gasteiger charge is 2.18. The van der Waals surface area contributed by atoms with Crippen LogP contribution in [-0.4, -0.2) is 30.3 Å². The van der Waals surface area contributed by atoms with Gasteiger partial charge in [0.1, 0.15) is 9.72 Å². The van der Waals surface area contributed by atoms with Crippen molar-refractivity contribution in [1.82, 2.24) is 10.2 Å². The van der Waals surface area contributed by atoms with Crippen molar-refractivity contribution in [2.45, 2.75) is 10.6 Å². The van der Waals surface area contributed by atoms with Crippen molar-refractivity contribution < 1.29 is 13.5 Å². The summed E-state index contributed by atoms with van der Waals surface area (Å²) in [5.74, 6) is 0. The first-order chi connectivity index (χ1) is 8.12. The number of aliphatic hydroxyl groups is 1. The number of hydrogen-bond donors (Lipinski definition) is 2. The normalized spacial score (nSPS) is 11.6. The van der Waals surface area contributed by atoms with Gasteiger partial charge in [0, 0.05) is 17.9 Å². The highest BCUT2D eigenvalue weighted by atomic mass is 32.2. The Balaban J connectivity index is 2.19. The minimum absolute atomic E-state index is 0.00380. The molecule has 92 valence electrons. The van der Waals surface area contributed by atoms with Crippen LogP contribution in [0.25, 0.3) is 0 Å². The molecule has 9 heteroatoms. The minimum atomic E-state index is -3.59. The molecular weight excluding hydrogens is 282 g/mol. The largest absolute Gasteiger partial charge is 0.396 e. The summed E-state index contributed by atoms with van der Waals surface area (Å²) in [6.07, 6.45) is 0.457. The van der Waals surface area contributed by atoms with Crippen molar-refractivity contribution in [3.63, 3.8) is 0 Å². The second kappa shape index (κ2) is 5.08. The summed E-state index contributed by atoms with van der Waals surface area (Å²) >= 11 is 2.25. The van der Waals surface area contributed by atoms with Gasteiger partial charge in [0.15, 0.2) is 0 Å². The molecule has 0 radical (unpaired) electrons. The maximum atomic E-state index is 11.9. The zero-order chi connectivity index (χ0) is 12.3. The summed E-state index contributed by atoms with van der Waals surface area (Å²) in [4.78, 5) is 0.824. The fourth-order valence-corrected chi connectivity index (χ4v) is 4.17. The first-order valence-corrected chi connectivity index (χ1v) is 7.78. The van der Waals surface area contributed by atoms with E-state index in [1.807, 2.05) is 0 Å². The van der Waals surface area contributed by atoms with Crippen LogP contribution < -0.4 is 4.72 Å². The van der Waals surface area contributed by atoms with Crippen LogP contribution in [0, 0.1) is 0 Å². The molecule has 0 atom stereocenters. The van der Waals surface area contributed by atoms with E-state index in [-0.39, 0.29) is 15.9 Å². The molecule has 0 aromatic carbocycles. The predicted octanol–water partition coefficient (Wildman–Crippen LogP) is 0.935. The molecule has 0 spiro atoms. The molecule has 17 heavy (non-hydrogen) atoms. The molecule has 0 unspecified atom stereocenters. The first-order valence-electron chi connectivity index (χ1n) is 4.60. The third-order valence-electron chi connectivity index (χ3n) is 1.84. The van der Waals surface area contributed by atoms with E-state index < -0.39 is 10.0 Å². The lowest BCUT2D eigenvalue weighted by atomic mass is 10.4. The number of thiophene rings is 1. The van der Waals surface area contributed by atoms with E-state index in [9.17, 15) is 8.42 Å². The summed E-state index contributed by atoms with van der Waals surface area (Å²) in [5.41, 5.74) is 1.45. The van der Waals surface area contributed by atoms with Gasteiger partial charge in [0.2, 0.25) is 5.13 Å². The Labute approximate surface area is 106 Å². The van der Waals surface area contributed by atoms with Gasteiger partial charge in [-0.2, -0.15) is 0 Å². The highest BCUT2D eigenvalue weighted by Crippen LogP contribution is 2.24. The lowest BCUT2D eigenvalue weighted by Gasteiger charge is -2.00. The summed E-state index contributed by atoms with van der Waals surface area (Å²) < 4.78 is 26.3. The second-order valence-electron chi connectivity index (χ2n) is 3.04. The molecule has 0 saturated carbocycles. The van der Waals surface area contributed by atoms with Crippen LogP contribution in [-0.2, 0) is 16.4 Å². The molecule has 0 amide bonds. The lowest BCUT2D eigenvalue weighted by molar-refractivity contribution is 0.300. The van der Waals surface area contributed by atoms with E-state index in [0.29, 0.717) is 6.42 Å². The maximum absolute atomic E-state index is 11.9. The Kier molecular flexibility index (Phi) is 3.72. The first kappa shape index (κ1) is 12.4. The van der Waals surface area contributed by atoms with Crippen molar-refractivity contribution in [3.8, 4) is 0 Å². The average molecular weight is 291 g/mol. The summed E-state index contributed by atoms with van der Waals surface area (Å²) in [7, 11) is -3.59. The van der Waals surface area contributed by atoms with E-state index in [2.05, 4.69) is 14.9 Å². The standard InChI is InChI=1S/C8H9N3O3S3/c12-4-3-6-1-2-7(16-6)17(13,14)11-8-10-9-5-15-8/h1-2,5,12H,3-4H2,(H,10,11). The number of rotatable bonds is 5.